The summed E-state index contributed by atoms with van der Waals surface area (Å²) < 4.78 is 7.10. The number of hydrogen-bond acceptors (Lipinski definition) is 3. The molecule has 0 saturated heterocycles. The van der Waals surface area contributed by atoms with Gasteiger partial charge in [-0.05, 0) is 25.8 Å². The fraction of sp³-hybridized carbons (Fsp3) is 0.429. The maximum Gasteiger partial charge on any atom is 0.337 e. The van der Waals surface area contributed by atoms with Crippen molar-refractivity contribution in [3.63, 3.8) is 0 Å². The molecule has 0 aliphatic heterocycles. The Labute approximate surface area is 111 Å². The van der Waals surface area contributed by atoms with E-state index in [0.717, 1.165) is 22.7 Å². The second-order valence-electron chi connectivity index (χ2n) is 5.01. The van der Waals surface area contributed by atoms with Crippen molar-refractivity contribution in [1.82, 2.24) is 9.72 Å². The van der Waals surface area contributed by atoms with Crippen LogP contribution in [0.25, 0.3) is 0 Å². The summed E-state index contributed by atoms with van der Waals surface area (Å²) in [6.45, 7) is 8.33. The fourth-order valence-electron chi connectivity index (χ4n) is 2.34. The van der Waals surface area contributed by atoms with E-state index in [4.69, 9.17) is 4.52 Å². The predicted molar refractivity (Wildman–Crippen MR) is 70.6 cm³/mol. The van der Waals surface area contributed by atoms with Gasteiger partial charge >= 0.3 is 5.97 Å². The van der Waals surface area contributed by atoms with E-state index >= 15 is 0 Å². The van der Waals surface area contributed by atoms with Crippen LogP contribution in [-0.2, 0) is 6.54 Å². The summed E-state index contributed by atoms with van der Waals surface area (Å²) in [5.74, 6) is 0.0283. The molecular formula is C14H18N2O3. The molecule has 2 heterocycles. The molecule has 0 amide bonds. The Balaban J connectivity index is 2.44. The lowest BCUT2D eigenvalue weighted by Crippen LogP contribution is -2.10. The minimum absolute atomic E-state index is 0.140. The molecule has 0 bridgehead atoms. The lowest BCUT2D eigenvalue weighted by atomic mass is 10.1. The molecule has 1 N–H and O–H groups in total. The molecule has 5 heteroatoms. The Morgan fingerprint density at radius 2 is 2.16 bits per heavy atom. The molecule has 0 atom stereocenters. The number of aromatic nitrogens is 2. The van der Waals surface area contributed by atoms with Gasteiger partial charge in [-0.15, -0.1) is 0 Å². The normalized spacial score (nSPS) is 11.2. The average Bonchev–Trinajstić information content (AvgIpc) is 2.88. The van der Waals surface area contributed by atoms with Gasteiger partial charge in [-0.1, -0.05) is 19.0 Å². The van der Waals surface area contributed by atoms with E-state index in [1.165, 1.54) is 0 Å². The van der Waals surface area contributed by atoms with Crippen LogP contribution in [0.4, 0.5) is 0 Å². The van der Waals surface area contributed by atoms with Gasteiger partial charge < -0.3 is 14.2 Å². The topological polar surface area (TPSA) is 68.3 Å². The summed E-state index contributed by atoms with van der Waals surface area (Å²) >= 11 is 0. The number of carboxylic acid groups (broad SMARTS) is 1. The summed E-state index contributed by atoms with van der Waals surface area (Å²) in [6.07, 6.45) is 1.81. The third kappa shape index (κ3) is 2.41. The van der Waals surface area contributed by atoms with Crippen molar-refractivity contribution >= 4 is 5.97 Å². The lowest BCUT2D eigenvalue weighted by molar-refractivity contribution is 0.0695. The van der Waals surface area contributed by atoms with E-state index in [1.54, 1.807) is 6.07 Å². The highest BCUT2D eigenvalue weighted by Crippen LogP contribution is 2.24. The second-order valence-corrected chi connectivity index (χ2v) is 5.01. The van der Waals surface area contributed by atoms with E-state index in [0.29, 0.717) is 12.1 Å². The van der Waals surface area contributed by atoms with Crippen molar-refractivity contribution in [3.05, 3.63) is 40.5 Å². The zero-order valence-electron chi connectivity index (χ0n) is 11.6. The smallest absolute Gasteiger partial charge is 0.337 e. The number of carboxylic acids is 1. The Hall–Kier alpha value is -2.04. The highest BCUT2D eigenvalue weighted by molar-refractivity contribution is 5.89. The molecule has 0 fully saturated rings. The average molecular weight is 262 g/mol. The van der Waals surface area contributed by atoms with Gasteiger partial charge in [0.05, 0.1) is 17.8 Å². The van der Waals surface area contributed by atoms with Crippen molar-refractivity contribution < 1.29 is 14.4 Å². The number of aryl methyl sites for hydroxylation is 2. The summed E-state index contributed by atoms with van der Waals surface area (Å²) in [6, 6.07) is 1.65. The number of nitrogens with zero attached hydrogens (tertiary/aromatic N) is 2. The zero-order chi connectivity index (χ0) is 14.2. The summed E-state index contributed by atoms with van der Waals surface area (Å²) in [5.41, 5.74) is 3.04. The minimum Gasteiger partial charge on any atom is -0.478 e. The van der Waals surface area contributed by atoms with Crippen LogP contribution in [0.5, 0.6) is 0 Å². The summed E-state index contributed by atoms with van der Waals surface area (Å²) in [7, 11) is 0. The van der Waals surface area contributed by atoms with E-state index in [1.807, 2.05) is 38.5 Å². The highest BCUT2D eigenvalue weighted by atomic mass is 16.5. The molecule has 0 unspecified atom stereocenters. The Morgan fingerprint density at radius 1 is 1.47 bits per heavy atom. The van der Waals surface area contributed by atoms with Gasteiger partial charge in [0.1, 0.15) is 5.76 Å². The van der Waals surface area contributed by atoms with Gasteiger partial charge in [0, 0.05) is 17.5 Å². The van der Waals surface area contributed by atoms with Crippen molar-refractivity contribution in [3.8, 4) is 0 Å². The largest absolute Gasteiger partial charge is 0.478 e. The van der Waals surface area contributed by atoms with Gasteiger partial charge in [0.2, 0.25) is 0 Å². The Morgan fingerprint density at radius 3 is 2.63 bits per heavy atom. The van der Waals surface area contributed by atoms with Crippen molar-refractivity contribution in [2.45, 2.75) is 40.2 Å². The van der Waals surface area contributed by atoms with E-state index in [2.05, 4.69) is 5.16 Å². The van der Waals surface area contributed by atoms with Gasteiger partial charge in [-0.25, -0.2) is 4.79 Å². The van der Waals surface area contributed by atoms with Crippen LogP contribution in [0.1, 0.15) is 52.8 Å². The molecule has 2 aromatic heterocycles. The molecule has 19 heavy (non-hydrogen) atoms. The molecule has 0 aromatic carbocycles. The molecule has 0 aliphatic rings. The molecule has 0 saturated carbocycles. The quantitative estimate of drug-likeness (QED) is 0.919. The molecule has 102 valence electrons. The van der Waals surface area contributed by atoms with Crippen molar-refractivity contribution in [2.75, 3.05) is 0 Å². The molecule has 2 rings (SSSR count). The van der Waals surface area contributed by atoms with Crippen molar-refractivity contribution in [1.29, 1.82) is 0 Å². The van der Waals surface area contributed by atoms with Crippen LogP contribution in [-0.4, -0.2) is 20.8 Å². The number of hydrogen-bond donors (Lipinski definition) is 1. The fourth-order valence-corrected chi connectivity index (χ4v) is 2.34. The maximum absolute atomic E-state index is 11.2. The van der Waals surface area contributed by atoms with E-state index in [-0.39, 0.29) is 5.92 Å². The molecule has 2 aromatic rings. The first-order valence-corrected chi connectivity index (χ1v) is 6.26. The third-order valence-corrected chi connectivity index (χ3v) is 3.29. The first-order valence-electron chi connectivity index (χ1n) is 6.26. The molecule has 5 nitrogen and oxygen atoms in total. The number of aromatic carboxylic acids is 1. The SMILES string of the molecule is Cc1noc(C)c1Cn1ccc(C(=O)O)c1C(C)C. The van der Waals surface area contributed by atoms with Crippen molar-refractivity contribution in [2.24, 2.45) is 0 Å². The lowest BCUT2D eigenvalue weighted by Gasteiger charge is -2.13. The molecular weight excluding hydrogens is 244 g/mol. The van der Waals surface area contributed by atoms with E-state index < -0.39 is 5.97 Å². The summed E-state index contributed by atoms with van der Waals surface area (Å²) in [4.78, 5) is 11.2. The van der Waals surface area contributed by atoms with Crippen LogP contribution >= 0.6 is 0 Å². The Kier molecular flexibility index (Phi) is 3.46. The van der Waals surface area contributed by atoms with Gasteiger partial charge in [-0.2, -0.15) is 0 Å². The third-order valence-electron chi connectivity index (χ3n) is 3.29. The van der Waals surface area contributed by atoms with E-state index in [9.17, 15) is 9.90 Å². The monoisotopic (exact) mass is 262 g/mol. The van der Waals surface area contributed by atoms with Crippen LogP contribution in [0.2, 0.25) is 0 Å². The summed E-state index contributed by atoms with van der Waals surface area (Å²) in [5, 5.41) is 13.1. The van der Waals surface area contributed by atoms with Gasteiger partial charge in [0.25, 0.3) is 0 Å². The van der Waals surface area contributed by atoms with Crippen LogP contribution < -0.4 is 0 Å². The standard InChI is InChI=1S/C14H18N2O3/c1-8(2)13-11(14(17)18)5-6-16(13)7-12-9(3)15-19-10(12)4/h5-6,8H,7H2,1-4H3,(H,17,18). The molecule has 0 spiro atoms. The van der Waals surface area contributed by atoms with Crippen LogP contribution in [0, 0.1) is 13.8 Å². The highest BCUT2D eigenvalue weighted by Gasteiger charge is 2.19. The minimum atomic E-state index is -0.888. The predicted octanol–water partition coefficient (Wildman–Crippen LogP) is 2.96. The first kappa shape index (κ1) is 13.4. The van der Waals surface area contributed by atoms with Gasteiger partial charge in [0.15, 0.2) is 0 Å². The number of rotatable bonds is 4. The zero-order valence-corrected chi connectivity index (χ0v) is 11.6. The number of carbonyl (C=O) groups is 1. The van der Waals surface area contributed by atoms with Gasteiger partial charge in [-0.3, -0.25) is 0 Å². The maximum atomic E-state index is 11.2. The Bertz CT molecular complexity index is 589. The van der Waals surface area contributed by atoms with Crippen LogP contribution in [0.15, 0.2) is 16.8 Å². The van der Waals surface area contributed by atoms with Crippen LogP contribution in [0.3, 0.4) is 0 Å². The second kappa shape index (κ2) is 4.91. The molecule has 0 aliphatic carbocycles. The first-order chi connectivity index (χ1) is 8.91. The molecule has 0 radical (unpaired) electrons.